The van der Waals surface area contributed by atoms with E-state index in [-0.39, 0.29) is 0 Å². The first-order valence-corrected chi connectivity index (χ1v) is 5.34. The third kappa shape index (κ3) is 1.80. The predicted molar refractivity (Wildman–Crippen MR) is 66.8 cm³/mol. The molecule has 0 atom stereocenters. The van der Waals surface area contributed by atoms with Crippen LogP contribution in [0.4, 0.5) is 5.82 Å². The lowest BCUT2D eigenvalue weighted by atomic mass is 10.2. The second-order valence-electron chi connectivity index (χ2n) is 3.71. The van der Waals surface area contributed by atoms with Crippen LogP contribution in [0.25, 0.3) is 16.9 Å². The molecule has 0 aliphatic heterocycles. The standard InChI is InChI=1S/C12H10N6/c13-12-3-9(1-2-17-12)11-6-16-8-18(11)10-4-14-7-15-5-10/h1-8H,(H2,13,17). The zero-order valence-electron chi connectivity index (χ0n) is 9.43. The normalized spacial score (nSPS) is 10.4. The van der Waals surface area contributed by atoms with Crippen LogP contribution >= 0.6 is 0 Å². The van der Waals surface area contributed by atoms with Gasteiger partial charge < -0.3 is 5.73 Å². The number of aromatic nitrogens is 5. The van der Waals surface area contributed by atoms with Crippen LogP contribution in [0.15, 0.2) is 49.6 Å². The molecule has 6 heteroatoms. The van der Waals surface area contributed by atoms with Crippen molar-refractivity contribution in [2.24, 2.45) is 0 Å². The van der Waals surface area contributed by atoms with Crippen molar-refractivity contribution in [1.29, 1.82) is 0 Å². The minimum absolute atomic E-state index is 0.476. The van der Waals surface area contributed by atoms with Crippen molar-refractivity contribution in [3.05, 3.63) is 49.6 Å². The van der Waals surface area contributed by atoms with Crippen LogP contribution in [0.1, 0.15) is 0 Å². The first-order chi connectivity index (χ1) is 8.84. The number of anilines is 1. The van der Waals surface area contributed by atoms with E-state index in [1.165, 1.54) is 6.33 Å². The summed E-state index contributed by atoms with van der Waals surface area (Å²) < 4.78 is 1.90. The molecule has 18 heavy (non-hydrogen) atoms. The lowest BCUT2D eigenvalue weighted by Crippen LogP contribution is -1.97. The van der Waals surface area contributed by atoms with E-state index in [0.29, 0.717) is 5.82 Å². The summed E-state index contributed by atoms with van der Waals surface area (Å²) in [6.45, 7) is 0. The molecule has 88 valence electrons. The van der Waals surface area contributed by atoms with Crippen LogP contribution in [0.3, 0.4) is 0 Å². The van der Waals surface area contributed by atoms with Crippen LogP contribution in [0, 0.1) is 0 Å². The van der Waals surface area contributed by atoms with E-state index in [2.05, 4.69) is 19.9 Å². The molecule has 0 spiro atoms. The van der Waals surface area contributed by atoms with Gasteiger partial charge in [0.25, 0.3) is 0 Å². The Kier molecular flexibility index (Phi) is 2.45. The van der Waals surface area contributed by atoms with E-state index >= 15 is 0 Å². The second kappa shape index (κ2) is 4.25. The number of nitrogens with zero attached hydrogens (tertiary/aromatic N) is 5. The third-order valence-electron chi connectivity index (χ3n) is 2.54. The van der Waals surface area contributed by atoms with Gasteiger partial charge in [-0.3, -0.25) is 4.57 Å². The zero-order chi connectivity index (χ0) is 12.4. The molecule has 6 nitrogen and oxygen atoms in total. The number of pyridine rings is 1. The predicted octanol–water partition coefficient (Wildman–Crippen LogP) is 1.31. The summed E-state index contributed by atoms with van der Waals surface area (Å²) in [5, 5.41) is 0. The van der Waals surface area contributed by atoms with Crippen molar-refractivity contribution in [1.82, 2.24) is 24.5 Å². The Labute approximate surface area is 103 Å². The Morgan fingerprint density at radius 1 is 1.06 bits per heavy atom. The SMILES string of the molecule is Nc1cc(-c2cncn2-c2cncnc2)ccn1. The van der Waals surface area contributed by atoms with Gasteiger partial charge in [-0.05, 0) is 12.1 Å². The van der Waals surface area contributed by atoms with Crippen LogP contribution in [0.5, 0.6) is 0 Å². The second-order valence-corrected chi connectivity index (χ2v) is 3.71. The van der Waals surface area contributed by atoms with Gasteiger partial charge in [0.15, 0.2) is 0 Å². The summed E-state index contributed by atoms with van der Waals surface area (Å²) in [5.74, 6) is 0.476. The van der Waals surface area contributed by atoms with Gasteiger partial charge in [0.05, 0.1) is 36.3 Å². The molecular formula is C12H10N6. The van der Waals surface area contributed by atoms with E-state index in [1.54, 1.807) is 37.2 Å². The molecule has 3 aromatic rings. The minimum Gasteiger partial charge on any atom is -0.384 e. The van der Waals surface area contributed by atoms with E-state index in [4.69, 9.17) is 5.73 Å². The molecule has 0 saturated heterocycles. The van der Waals surface area contributed by atoms with Crippen molar-refractivity contribution < 1.29 is 0 Å². The molecule has 0 aliphatic rings. The smallest absolute Gasteiger partial charge is 0.123 e. The molecular weight excluding hydrogens is 228 g/mol. The lowest BCUT2D eigenvalue weighted by molar-refractivity contribution is 1.01. The molecule has 0 aromatic carbocycles. The molecule has 3 aromatic heterocycles. The van der Waals surface area contributed by atoms with E-state index in [1.807, 2.05) is 10.6 Å². The van der Waals surface area contributed by atoms with Gasteiger partial charge in [0, 0.05) is 11.8 Å². The van der Waals surface area contributed by atoms with Gasteiger partial charge in [0.1, 0.15) is 12.1 Å². The number of hydrogen-bond acceptors (Lipinski definition) is 5. The van der Waals surface area contributed by atoms with Crippen LogP contribution in [0.2, 0.25) is 0 Å². The Hall–Kier alpha value is -2.76. The fourth-order valence-electron chi connectivity index (χ4n) is 1.74. The van der Waals surface area contributed by atoms with Crippen molar-refractivity contribution in [3.63, 3.8) is 0 Å². The number of imidazole rings is 1. The quantitative estimate of drug-likeness (QED) is 0.727. The number of hydrogen-bond donors (Lipinski definition) is 1. The Morgan fingerprint density at radius 2 is 1.89 bits per heavy atom. The van der Waals surface area contributed by atoms with Gasteiger partial charge >= 0.3 is 0 Å². The summed E-state index contributed by atoms with van der Waals surface area (Å²) in [6, 6.07) is 3.69. The summed E-state index contributed by atoms with van der Waals surface area (Å²) in [7, 11) is 0. The molecule has 0 amide bonds. The molecule has 0 radical (unpaired) electrons. The van der Waals surface area contributed by atoms with Crippen LogP contribution in [-0.4, -0.2) is 24.5 Å². The highest BCUT2D eigenvalue weighted by Crippen LogP contribution is 2.22. The zero-order valence-corrected chi connectivity index (χ0v) is 9.43. The topological polar surface area (TPSA) is 82.5 Å². The summed E-state index contributed by atoms with van der Waals surface area (Å²) in [5.41, 5.74) is 8.40. The first-order valence-electron chi connectivity index (χ1n) is 5.34. The van der Waals surface area contributed by atoms with Gasteiger partial charge in [-0.2, -0.15) is 0 Å². The van der Waals surface area contributed by atoms with Gasteiger partial charge in [-0.25, -0.2) is 19.9 Å². The van der Waals surface area contributed by atoms with E-state index in [9.17, 15) is 0 Å². The molecule has 0 unspecified atom stereocenters. The molecule has 0 fully saturated rings. The Morgan fingerprint density at radius 3 is 2.67 bits per heavy atom. The largest absolute Gasteiger partial charge is 0.384 e. The van der Waals surface area contributed by atoms with Crippen molar-refractivity contribution in [3.8, 4) is 16.9 Å². The van der Waals surface area contributed by atoms with Crippen molar-refractivity contribution >= 4 is 5.82 Å². The number of nitrogen functional groups attached to an aromatic ring is 1. The molecule has 0 aliphatic carbocycles. The lowest BCUT2D eigenvalue weighted by Gasteiger charge is -2.07. The summed E-state index contributed by atoms with van der Waals surface area (Å²) in [4.78, 5) is 16.1. The minimum atomic E-state index is 0.476. The average Bonchev–Trinajstić information content (AvgIpc) is 2.89. The molecule has 0 saturated carbocycles. The highest BCUT2D eigenvalue weighted by molar-refractivity contribution is 5.63. The van der Waals surface area contributed by atoms with Crippen molar-refractivity contribution in [2.75, 3.05) is 5.73 Å². The maximum Gasteiger partial charge on any atom is 0.123 e. The summed E-state index contributed by atoms with van der Waals surface area (Å²) >= 11 is 0. The van der Waals surface area contributed by atoms with Crippen molar-refractivity contribution in [2.45, 2.75) is 0 Å². The highest BCUT2D eigenvalue weighted by atomic mass is 15.1. The fraction of sp³-hybridized carbons (Fsp3) is 0. The van der Waals surface area contributed by atoms with Gasteiger partial charge in [-0.15, -0.1) is 0 Å². The summed E-state index contributed by atoms with van der Waals surface area (Å²) in [6.07, 6.45) is 10.1. The van der Waals surface area contributed by atoms with Gasteiger partial charge in [-0.1, -0.05) is 0 Å². The number of nitrogens with two attached hydrogens (primary N) is 1. The molecule has 0 bridgehead atoms. The maximum absolute atomic E-state index is 5.69. The first kappa shape index (κ1) is 10.4. The average molecular weight is 238 g/mol. The molecule has 2 N–H and O–H groups in total. The third-order valence-corrected chi connectivity index (χ3v) is 2.54. The van der Waals surface area contributed by atoms with Crippen LogP contribution in [-0.2, 0) is 0 Å². The fourth-order valence-corrected chi connectivity index (χ4v) is 1.74. The Bertz CT molecular complexity index is 661. The van der Waals surface area contributed by atoms with Crippen LogP contribution < -0.4 is 5.73 Å². The molecule has 3 heterocycles. The monoisotopic (exact) mass is 238 g/mol. The number of rotatable bonds is 2. The Balaban J connectivity index is 2.13. The van der Waals surface area contributed by atoms with E-state index < -0.39 is 0 Å². The maximum atomic E-state index is 5.69. The van der Waals surface area contributed by atoms with E-state index in [0.717, 1.165) is 16.9 Å². The highest BCUT2D eigenvalue weighted by Gasteiger charge is 2.07. The van der Waals surface area contributed by atoms with Gasteiger partial charge in [0.2, 0.25) is 0 Å². The molecule has 3 rings (SSSR count).